The van der Waals surface area contributed by atoms with Crippen LogP contribution in [0.5, 0.6) is 0 Å². The average molecular weight is 643 g/mol. The van der Waals surface area contributed by atoms with Crippen LogP contribution in [0.4, 0.5) is 0 Å². The summed E-state index contributed by atoms with van der Waals surface area (Å²) in [6, 6.07) is 27.1. The maximum atomic E-state index is 12.5. The van der Waals surface area contributed by atoms with Gasteiger partial charge >= 0.3 is 0 Å². The third kappa shape index (κ3) is 4.25. The second-order valence-corrected chi connectivity index (χ2v) is 10.1. The van der Waals surface area contributed by atoms with Gasteiger partial charge in [0.2, 0.25) is 5.91 Å². The number of halogens is 2. The Kier molecular flexibility index (Phi) is 6.14. The van der Waals surface area contributed by atoms with Crippen molar-refractivity contribution in [3.63, 3.8) is 0 Å². The molecule has 32 heavy (non-hydrogen) atoms. The molecule has 0 radical (unpaired) electrons. The molecule has 1 heterocycles. The SMILES string of the molecule is O=C(CCn1c2ccc(I)cc2c2cc(I)ccc21)N/N=C\c1cccc2ccccc12. The van der Waals surface area contributed by atoms with Gasteiger partial charge in [0.1, 0.15) is 0 Å². The fourth-order valence-corrected chi connectivity index (χ4v) is 5.08. The lowest BCUT2D eigenvalue weighted by molar-refractivity contribution is -0.121. The molecular formula is C26H19I2N3O. The number of benzene rings is 4. The number of hydrogen-bond donors (Lipinski definition) is 1. The van der Waals surface area contributed by atoms with Crippen molar-refractivity contribution >= 4 is 89.9 Å². The van der Waals surface area contributed by atoms with Crippen LogP contribution in [0.15, 0.2) is 84.0 Å². The molecule has 0 aliphatic heterocycles. The van der Waals surface area contributed by atoms with Crippen LogP contribution in [-0.2, 0) is 11.3 Å². The fourth-order valence-electron chi connectivity index (χ4n) is 4.10. The van der Waals surface area contributed by atoms with Crippen molar-refractivity contribution in [2.75, 3.05) is 0 Å². The third-order valence-corrected chi connectivity index (χ3v) is 6.91. The zero-order chi connectivity index (χ0) is 22.1. The number of rotatable bonds is 5. The van der Waals surface area contributed by atoms with Gasteiger partial charge in [-0.3, -0.25) is 4.79 Å². The molecule has 5 rings (SSSR count). The molecule has 0 saturated heterocycles. The summed E-state index contributed by atoms with van der Waals surface area (Å²) in [7, 11) is 0. The largest absolute Gasteiger partial charge is 0.340 e. The second kappa shape index (κ2) is 9.19. The Morgan fingerprint density at radius 3 is 2.22 bits per heavy atom. The van der Waals surface area contributed by atoms with Crippen molar-refractivity contribution in [3.8, 4) is 0 Å². The molecule has 4 nitrogen and oxygen atoms in total. The number of hydrogen-bond acceptors (Lipinski definition) is 2. The van der Waals surface area contributed by atoms with Crippen molar-refractivity contribution in [2.24, 2.45) is 5.10 Å². The van der Waals surface area contributed by atoms with Gasteiger partial charge in [-0.15, -0.1) is 0 Å². The molecule has 1 aromatic heterocycles. The molecule has 0 aliphatic rings. The molecule has 0 saturated carbocycles. The molecule has 0 aliphatic carbocycles. The number of aromatic nitrogens is 1. The molecule has 158 valence electrons. The third-order valence-electron chi connectivity index (χ3n) is 5.57. The van der Waals surface area contributed by atoms with Crippen molar-refractivity contribution in [1.29, 1.82) is 0 Å². The number of fused-ring (bicyclic) bond motifs is 4. The number of amides is 1. The Bertz CT molecular complexity index is 1440. The Labute approximate surface area is 213 Å². The summed E-state index contributed by atoms with van der Waals surface area (Å²) in [4.78, 5) is 12.5. The minimum absolute atomic E-state index is 0.104. The molecule has 0 bridgehead atoms. The number of carbonyl (C=O) groups is 1. The van der Waals surface area contributed by atoms with Gasteiger partial charge in [-0.05, 0) is 92.4 Å². The van der Waals surface area contributed by atoms with E-state index in [0.717, 1.165) is 27.4 Å². The van der Waals surface area contributed by atoms with E-state index in [1.54, 1.807) is 6.21 Å². The summed E-state index contributed by atoms with van der Waals surface area (Å²) >= 11 is 4.69. The van der Waals surface area contributed by atoms with Gasteiger partial charge in [-0.2, -0.15) is 5.10 Å². The zero-order valence-corrected chi connectivity index (χ0v) is 21.4. The molecule has 0 unspecified atom stereocenters. The highest BCUT2D eigenvalue weighted by atomic mass is 127. The van der Waals surface area contributed by atoms with Crippen LogP contribution >= 0.6 is 45.2 Å². The average Bonchev–Trinajstić information content (AvgIpc) is 3.10. The van der Waals surface area contributed by atoms with E-state index >= 15 is 0 Å². The molecule has 5 aromatic rings. The van der Waals surface area contributed by atoms with Gasteiger partial charge in [0, 0.05) is 47.5 Å². The zero-order valence-electron chi connectivity index (χ0n) is 17.1. The van der Waals surface area contributed by atoms with Gasteiger partial charge in [0.25, 0.3) is 0 Å². The van der Waals surface area contributed by atoms with Crippen LogP contribution in [0, 0.1) is 7.14 Å². The first kappa shape index (κ1) is 21.4. The van der Waals surface area contributed by atoms with Gasteiger partial charge in [-0.25, -0.2) is 5.43 Å². The van der Waals surface area contributed by atoms with Crippen LogP contribution in [-0.4, -0.2) is 16.7 Å². The van der Waals surface area contributed by atoms with E-state index in [2.05, 4.69) is 115 Å². The quantitative estimate of drug-likeness (QED) is 0.130. The van der Waals surface area contributed by atoms with Crippen LogP contribution in [0.3, 0.4) is 0 Å². The lowest BCUT2D eigenvalue weighted by Gasteiger charge is -2.07. The van der Waals surface area contributed by atoms with Gasteiger partial charge in [0.15, 0.2) is 0 Å². The molecule has 4 aromatic carbocycles. The van der Waals surface area contributed by atoms with E-state index in [0.29, 0.717) is 13.0 Å². The minimum Gasteiger partial charge on any atom is -0.340 e. The molecular weight excluding hydrogens is 624 g/mol. The highest BCUT2D eigenvalue weighted by Gasteiger charge is 2.12. The predicted molar refractivity (Wildman–Crippen MR) is 149 cm³/mol. The van der Waals surface area contributed by atoms with Gasteiger partial charge in [-0.1, -0.05) is 42.5 Å². The Morgan fingerprint density at radius 2 is 1.50 bits per heavy atom. The fraction of sp³-hybridized carbons (Fsp3) is 0.0769. The van der Waals surface area contributed by atoms with E-state index in [-0.39, 0.29) is 5.91 Å². The first-order valence-corrected chi connectivity index (χ1v) is 12.4. The van der Waals surface area contributed by atoms with Crippen LogP contribution in [0.2, 0.25) is 0 Å². The van der Waals surface area contributed by atoms with E-state index in [1.165, 1.54) is 17.9 Å². The molecule has 0 spiro atoms. The number of nitrogens with zero attached hydrogens (tertiary/aromatic N) is 2. The molecule has 6 heteroatoms. The van der Waals surface area contributed by atoms with Crippen LogP contribution in [0.25, 0.3) is 32.6 Å². The first-order valence-electron chi connectivity index (χ1n) is 10.3. The summed E-state index contributed by atoms with van der Waals surface area (Å²) < 4.78 is 4.63. The molecule has 0 fully saturated rings. The molecule has 1 N–H and O–H groups in total. The Balaban J connectivity index is 1.34. The number of carbonyl (C=O) groups excluding carboxylic acids is 1. The van der Waals surface area contributed by atoms with E-state index in [1.807, 2.05) is 24.3 Å². The monoisotopic (exact) mass is 643 g/mol. The van der Waals surface area contributed by atoms with Crippen molar-refractivity contribution in [2.45, 2.75) is 13.0 Å². The highest BCUT2D eigenvalue weighted by molar-refractivity contribution is 14.1. The van der Waals surface area contributed by atoms with Crippen LogP contribution < -0.4 is 5.43 Å². The lowest BCUT2D eigenvalue weighted by atomic mass is 10.1. The van der Waals surface area contributed by atoms with Crippen molar-refractivity contribution in [3.05, 3.63) is 91.6 Å². The number of aryl methyl sites for hydroxylation is 1. The molecule has 1 amide bonds. The summed E-state index contributed by atoms with van der Waals surface area (Å²) in [6.45, 7) is 0.594. The molecule has 0 atom stereocenters. The highest BCUT2D eigenvalue weighted by Crippen LogP contribution is 2.31. The first-order chi connectivity index (χ1) is 15.6. The standard InChI is InChI=1S/C26H19I2N3O/c27-19-8-10-24-22(14-19)23-15-20(28)9-11-25(23)31(24)13-12-26(32)30-29-16-18-6-3-5-17-4-1-2-7-21(17)18/h1-11,14-16H,12-13H2,(H,30,32)/b29-16-. The Hall–Kier alpha value is -2.46. The van der Waals surface area contributed by atoms with E-state index < -0.39 is 0 Å². The smallest absolute Gasteiger partial charge is 0.241 e. The maximum Gasteiger partial charge on any atom is 0.241 e. The van der Waals surface area contributed by atoms with Crippen LogP contribution in [0.1, 0.15) is 12.0 Å². The summed E-state index contributed by atoms with van der Waals surface area (Å²) in [5.74, 6) is -0.104. The van der Waals surface area contributed by atoms with Gasteiger partial charge < -0.3 is 4.57 Å². The normalized spacial score (nSPS) is 11.7. The Morgan fingerprint density at radius 1 is 0.844 bits per heavy atom. The van der Waals surface area contributed by atoms with Gasteiger partial charge in [0.05, 0.1) is 6.21 Å². The second-order valence-electron chi connectivity index (χ2n) is 7.59. The maximum absolute atomic E-state index is 12.5. The van der Waals surface area contributed by atoms with E-state index in [9.17, 15) is 4.79 Å². The van der Waals surface area contributed by atoms with E-state index in [4.69, 9.17) is 0 Å². The van der Waals surface area contributed by atoms with Crippen molar-refractivity contribution < 1.29 is 4.79 Å². The minimum atomic E-state index is -0.104. The summed E-state index contributed by atoms with van der Waals surface area (Å²) in [5, 5.41) is 8.91. The number of nitrogens with one attached hydrogen (secondary N) is 1. The summed E-state index contributed by atoms with van der Waals surface area (Å²) in [6.07, 6.45) is 2.06. The van der Waals surface area contributed by atoms with Crippen molar-refractivity contribution in [1.82, 2.24) is 9.99 Å². The lowest BCUT2D eigenvalue weighted by Crippen LogP contribution is -2.19. The topological polar surface area (TPSA) is 46.4 Å². The predicted octanol–water partition coefficient (Wildman–Crippen LogP) is 6.70. The number of hydrazone groups is 1. The summed E-state index contributed by atoms with van der Waals surface area (Å²) in [5.41, 5.74) is 5.96.